The molecule has 0 amide bonds. The molecule has 1 aromatic carbocycles. The molecule has 1 fully saturated rings. The third-order valence-corrected chi connectivity index (χ3v) is 4.54. The summed E-state index contributed by atoms with van der Waals surface area (Å²) in [5.74, 6) is -2.21. The summed E-state index contributed by atoms with van der Waals surface area (Å²) in [6.07, 6.45) is -9.05. The van der Waals surface area contributed by atoms with Crippen molar-refractivity contribution in [3.05, 3.63) is 18.2 Å². The highest BCUT2D eigenvalue weighted by molar-refractivity contribution is 5.73. The minimum absolute atomic E-state index is 0.0854. The van der Waals surface area contributed by atoms with Crippen molar-refractivity contribution in [2.75, 3.05) is 13.7 Å². The Morgan fingerprint density at radius 1 is 1.13 bits per heavy atom. The van der Waals surface area contributed by atoms with Crippen LogP contribution in [0.1, 0.15) is 19.8 Å². The van der Waals surface area contributed by atoms with Crippen LogP contribution in [-0.2, 0) is 19.1 Å². The Kier molecular flexibility index (Phi) is 8.03. The van der Waals surface area contributed by atoms with E-state index in [1.54, 1.807) is 0 Å². The standard InChI is InChI=1S/C19H26O12/c1-19(27,6-13(21)22)7-14(23)29-8-12-15(24)16(25)17(26)18(31-12)30-9-3-4-10(20)11(5-9)28-2/h3-5,12,15-18,20,24-27H,6-8H2,1-2H3,(H,21,22). The van der Waals surface area contributed by atoms with Crippen LogP contribution in [0.15, 0.2) is 18.2 Å². The van der Waals surface area contributed by atoms with Crippen molar-refractivity contribution >= 4 is 11.9 Å². The Morgan fingerprint density at radius 2 is 1.81 bits per heavy atom. The van der Waals surface area contributed by atoms with Crippen LogP contribution in [0.4, 0.5) is 0 Å². The first kappa shape index (κ1) is 24.6. The SMILES string of the molecule is COc1cc(OC2OC(COC(=O)CC(C)(O)CC(=O)O)C(O)C(O)C2O)ccc1O. The summed E-state index contributed by atoms with van der Waals surface area (Å²) in [5.41, 5.74) is -1.84. The van der Waals surface area contributed by atoms with Gasteiger partial charge in [-0.25, -0.2) is 0 Å². The Morgan fingerprint density at radius 3 is 2.42 bits per heavy atom. The lowest BCUT2D eigenvalue weighted by atomic mass is 9.98. The first-order valence-electron chi connectivity index (χ1n) is 9.26. The second-order valence-electron chi connectivity index (χ2n) is 7.39. The molecule has 0 saturated carbocycles. The number of aliphatic hydroxyl groups is 4. The Bertz CT molecular complexity index is 779. The van der Waals surface area contributed by atoms with Crippen LogP contribution in [0, 0.1) is 0 Å². The monoisotopic (exact) mass is 446 g/mol. The minimum Gasteiger partial charge on any atom is -0.504 e. The molecule has 1 aromatic rings. The minimum atomic E-state index is -1.84. The van der Waals surface area contributed by atoms with Crippen LogP contribution < -0.4 is 9.47 Å². The second kappa shape index (κ2) is 10.1. The quantitative estimate of drug-likeness (QED) is 0.247. The van der Waals surface area contributed by atoms with Gasteiger partial charge < -0.3 is 49.6 Å². The van der Waals surface area contributed by atoms with Crippen LogP contribution in [0.2, 0.25) is 0 Å². The molecule has 1 aliphatic heterocycles. The van der Waals surface area contributed by atoms with Crippen molar-refractivity contribution in [2.45, 2.75) is 56.1 Å². The van der Waals surface area contributed by atoms with Crippen molar-refractivity contribution in [3.8, 4) is 17.2 Å². The van der Waals surface area contributed by atoms with Gasteiger partial charge >= 0.3 is 11.9 Å². The molecule has 31 heavy (non-hydrogen) atoms. The number of carbonyl (C=O) groups is 2. The average molecular weight is 446 g/mol. The van der Waals surface area contributed by atoms with E-state index in [9.17, 15) is 35.1 Å². The molecule has 12 heteroatoms. The third kappa shape index (κ3) is 6.67. The van der Waals surface area contributed by atoms with Crippen molar-refractivity contribution in [1.82, 2.24) is 0 Å². The molecule has 6 atom stereocenters. The maximum absolute atomic E-state index is 11.9. The van der Waals surface area contributed by atoms with Gasteiger partial charge in [0.05, 0.1) is 25.6 Å². The number of phenols is 1. The maximum Gasteiger partial charge on any atom is 0.308 e. The van der Waals surface area contributed by atoms with E-state index in [0.717, 1.165) is 6.92 Å². The number of aliphatic hydroxyl groups excluding tert-OH is 3. The largest absolute Gasteiger partial charge is 0.504 e. The van der Waals surface area contributed by atoms with Gasteiger partial charge in [-0.1, -0.05) is 0 Å². The zero-order valence-corrected chi connectivity index (χ0v) is 16.9. The third-order valence-electron chi connectivity index (χ3n) is 4.54. The molecule has 12 nitrogen and oxygen atoms in total. The summed E-state index contributed by atoms with van der Waals surface area (Å²) < 4.78 is 20.8. The number of rotatable bonds is 9. The number of esters is 1. The predicted octanol–water partition coefficient (Wildman–Crippen LogP) is -1.25. The van der Waals surface area contributed by atoms with Gasteiger partial charge in [-0.2, -0.15) is 0 Å². The lowest BCUT2D eigenvalue weighted by molar-refractivity contribution is -0.278. The van der Waals surface area contributed by atoms with E-state index in [0.29, 0.717) is 0 Å². The summed E-state index contributed by atoms with van der Waals surface area (Å²) >= 11 is 0. The molecule has 1 heterocycles. The van der Waals surface area contributed by atoms with Gasteiger partial charge in [-0.15, -0.1) is 0 Å². The van der Waals surface area contributed by atoms with E-state index in [1.807, 2.05) is 0 Å². The highest BCUT2D eigenvalue weighted by Gasteiger charge is 2.45. The zero-order valence-electron chi connectivity index (χ0n) is 16.9. The number of hydrogen-bond donors (Lipinski definition) is 6. The van der Waals surface area contributed by atoms with Crippen molar-refractivity contribution in [1.29, 1.82) is 0 Å². The average Bonchev–Trinajstić information content (AvgIpc) is 2.67. The van der Waals surface area contributed by atoms with Crippen molar-refractivity contribution < 1.29 is 59.2 Å². The first-order valence-corrected chi connectivity index (χ1v) is 9.26. The van der Waals surface area contributed by atoms with E-state index < -0.39 is 67.7 Å². The number of aromatic hydroxyl groups is 1. The normalized spacial score (nSPS) is 27.7. The van der Waals surface area contributed by atoms with Gasteiger partial charge in [0, 0.05) is 6.07 Å². The molecule has 2 rings (SSSR count). The molecule has 0 bridgehead atoms. The number of methoxy groups -OCH3 is 1. The number of phenolic OH excluding ortho intramolecular Hbond substituents is 1. The number of carboxylic acid groups (broad SMARTS) is 1. The van der Waals surface area contributed by atoms with Crippen LogP contribution >= 0.6 is 0 Å². The molecule has 0 aromatic heterocycles. The number of benzene rings is 1. The summed E-state index contributed by atoms with van der Waals surface area (Å²) in [6, 6.07) is 3.93. The molecule has 174 valence electrons. The summed E-state index contributed by atoms with van der Waals surface area (Å²) in [5, 5.41) is 58.6. The number of hydrogen-bond acceptors (Lipinski definition) is 11. The molecule has 1 saturated heterocycles. The lowest BCUT2D eigenvalue weighted by Gasteiger charge is -2.40. The van der Waals surface area contributed by atoms with Crippen LogP contribution in [-0.4, -0.2) is 92.6 Å². The number of ether oxygens (including phenoxy) is 4. The summed E-state index contributed by atoms with van der Waals surface area (Å²) in [6.45, 7) is 0.593. The van der Waals surface area contributed by atoms with Gasteiger partial charge in [0.15, 0.2) is 11.5 Å². The molecule has 0 spiro atoms. The Hall–Kier alpha value is -2.64. The number of carbonyl (C=O) groups excluding carboxylic acids is 1. The van der Waals surface area contributed by atoms with Gasteiger partial charge in [-0.3, -0.25) is 9.59 Å². The van der Waals surface area contributed by atoms with Crippen molar-refractivity contribution in [3.63, 3.8) is 0 Å². The fourth-order valence-electron chi connectivity index (χ4n) is 2.94. The van der Waals surface area contributed by atoms with Crippen molar-refractivity contribution in [2.24, 2.45) is 0 Å². The fraction of sp³-hybridized carbons (Fsp3) is 0.579. The van der Waals surface area contributed by atoms with E-state index in [1.165, 1.54) is 25.3 Å². The number of aliphatic carboxylic acids is 1. The molecule has 6 N–H and O–H groups in total. The molecular weight excluding hydrogens is 420 g/mol. The molecule has 0 radical (unpaired) electrons. The van der Waals surface area contributed by atoms with E-state index in [4.69, 9.17) is 24.1 Å². The van der Waals surface area contributed by atoms with E-state index >= 15 is 0 Å². The Labute approximate surface area is 177 Å². The highest BCUT2D eigenvalue weighted by Crippen LogP contribution is 2.32. The molecule has 6 unspecified atom stereocenters. The van der Waals surface area contributed by atoms with Crippen LogP contribution in [0.25, 0.3) is 0 Å². The fourth-order valence-corrected chi connectivity index (χ4v) is 2.94. The van der Waals surface area contributed by atoms with Crippen LogP contribution in [0.5, 0.6) is 17.2 Å². The smallest absolute Gasteiger partial charge is 0.308 e. The molecule has 0 aliphatic carbocycles. The van der Waals surface area contributed by atoms with Gasteiger partial charge in [0.1, 0.15) is 36.8 Å². The van der Waals surface area contributed by atoms with Gasteiger partial charge in [-0.05, 0) is 19.1 Å². The summed E-state index contributed by atoms with van der Waals surface area (Å²) in [4.78, 5) is 22.6. The summed E-state index contributed by atoms with van der Waals surface area (Å²) in [7, 11) is 1.32. The predicted molar refractivity (Wildman–Crippen MR) is 100 cm³/mol. The maximum atomic E-state index is 11.9. The highest BCUT2D eigenvalue weighted by atomic mass is 16.7. The topological polar surface area (TPSA) is 192 Å². The van der Waals surface area contributed by atoms with Gasteiger partial charge in [0.2, 0.25) is 6.29 Å². The van der Waals surface area contributed by atoms with Gasteiger partial charge in [0.25, 0.3) is 0 Å². The first-order chi connectivity index (χ1) is 14.4. The lowest BCUT2D eigenvalue weighted by Crippen LogP contribution is -2.60. The molecule has 1 aliphatic rings. The van der Waals surface area contributed by atoms with E-state index in [-0.39, 0.29) is 17.2 Å². The second-order valence-corrected chi connectivity index (χ2v) is 7.39. The zero-order chi connectivity index (χ0) is 23.3. The molecular formula is C19H26O12. The number of carboxylic acids is 1. The van der Waals surface area contributed by atoms with E-state index in [2.05, 4.69) is 0 Å². The van der Waals surface area contributed by atoms with Crippen LogP contribution in [0.3, 0.4) is 0 Å². The Balaban J connectivity index is 2.01.